The van der Waals surface area contributed by atoms with Gasteiger partial charge in [0, 0.05) is 11.6 Å². The molecule has 2 atom stereocenters. The number of rotatable bonds is 5. The van der Waals surface area contributed by atoms with Gasteiger partial charge < -0.3 is 10.4 Å². The highest BCUT2D eigenvalue weighted by molar-refractivity contribution is 7.91. The first-order valence-electron chi connectivity index (χ1n) is 9.88. The van der Waals surface area contributed by atoms with Crippen LogP contribution < -0.4 is 5.32 Å². The van der Waals surface area contributed by atoms with Crippen molar-refractivity contribution in [3.63, 3.8) is 0 Å². The van der Waals surface area contributed by atoms with Crippen LogP contribution in [0.4, 0.5) is 5.69 Å². The SMILES string of the molecule is O=S(=O)(CC1c2cccc3cccc(c23)C1Nc1ccc(O)cc1)c1ccccc1. The molecule has 0 radical (unpaired) electrons. The summed E-state index contributed by atoms with van der Waals surface area (Å²) in [6.45, 7) is 0. The van der Waals surface area contributed by atoms with E-state index in [2.05, 4.69) is 23.5 Å². The Morgan fingerprint density at radius 1 is 0.767 bits per heavy atom. The maximum absolute atomic E-state index is 13.2. The number of benzene rings is 4. The number of hydrogen-bond donors (Lipinski definition) is 2. The van der Waals surface area contributed by atoms with Crippen molar-refractivity contribution in [1.82, 2.24) is 0 Å². The van der Waals surface area contributed by atoms with Crippen LogP contribution in [0.25, 0.3) is 10.8 Å². The van der Waals surface area contributed by atoms with E-state index in [1.807, 2.05) is 24.3 Å². The Morgan fingerprint density at radius 3 is 2.13 bits per heavy atom. The summed E-state index contributed by atoms with van der Waals surface area (Å²) in [6.07, 6.45) is 0. The lowest BCUT2D eigenvalue weighted by Gasteiger charge is -2.24. The molecule has 0 saturated carbocycles. The van der Waals surface area contributed by atoms with Crippen LogP contribution in [-0.2, 0) is 9.84 Å². The lowest BCUT2D eigenvalue weighted by Crippen LogP contribution is -2.22. The highest BCUT2D eigenvalue weighted by Gasteiger charge is 2.37. The molecule has 0 aliphatic heterocycles. The minimum atomic E-state index is -3.47. The van der Waals surface area contributed by atoms with Gasteiger partial charge in [0.25, 0.3) is 0 Å². The van der Waals surface area contributed by atoms with Crippen molar-refractivity contribution in [2.75, 3.05) is 11.1 Å². The topological polar surface area (TPSA) is 66.4 Å². The fourth-order valence-corrected chi connectivity index (χ4v) is 6.04. The molecule has 5 rings (SSSR count). The third kappa shape index (κ3) is 3.21. The fraction of sp³-hybridized carbons (Fsp3) is 0.120. The first kappa shape index (κ1) is 18.7. The van der Waals surface area contributed by atoms with Crippen molar-refractivity contribution in [2.24, 2.45) is 0 Å². The summed E-state index contributed by atoms with van der Waals surface area (Å²) in [5.74, 6) is -0.0220. The number of hydrogen-bond acceptors (Lipinski definition) is 4. The molecule has 0 saturated heterocycles. The van der Waals surface area contributed by atoms with Gasteiger partial charge in [-0.15, -0.1) is 0 Å². The van der Waals surface area contributed by atoms with Crippen LogP contribution in [0.15, 0.2) is 95.9 Å². The number of sulfone groups is 1. The van der Waals surface area contributed by atoms with E-state index >= 15 is 0 Å². The molecule has 0 amide bonds. The fourth-order valence-electron chi connectivity index (χ4n) is 4.43. The average molecular weight is 416 g/mol. The van der Waals surface area contributed by atoms with E-state index in [0.717, 1.165) is 27.6 Å². The Hall–Kier alpha value is -3.31. The molecule has 5 heteroatoms. The van der Waals surface area contributed by atoms with Crippen molar-refractivity contribution in [1.29, 1.82) is 0 Å². The molecule has 4 aromatic rings. The van der Waals surface area contributed by atoms with Crippen LogP contribution in [0.3, 0.4) is 0 Å². The zero-order valence-electron chi connectivity index (χ0n) is 16.2. The van der Waals surface area contributed by atoms with Crippen molar-refractivity contribution < 1.29 is 13.5 Å². The lowest BCUT2D eigenvalue weighted by atomic mass is 9.98. The molecule has 0 fully saturated rings. The highest BCUT2D eigenvalue weighted by Crippen LogP contribution is 2.48. The molecule has 0 heterocycles. The molecule has 4 nitrogen and oxygen atoms in total. The predicted molar refractivity (Wildman–Crippen MR) is 120 cm³/mol. The van der Waals surface area contributed by atoms with Crippen molar-refractivity contribution >= 4 is 26.3 Å². The van der Waals surface area contributed by atoms with E-state index in [1.165, 1.54) is 0 Å². The van der Waals surface area contributed by atoms with E-state index in [9.17, 15) is 13.5 Å². The van der Waals surface area contributed by atoms with E-state index in [-0.39, 0.29) is 23.5 Å². The van der Waals surface area contributed by atoms with Gasteiger partial charge in [0.05, 0.1) is 16.7 Å². The number of phenols is 1. The lowest BCUT2D eigenvalue weighted by molar-refractivity contribution is 0.475. The Morgan fingerprint density at radius 2 is 1.43 bits per heavy atom. The summed E-state index contributed by atoms with van der Waals surface area (Å²) in [7, 11) is -3.47. The molecule has 0 spiro atoms. The van der Waals surface area contributed by atoms with E-state index in [1.54, 1.807) is 48.5 Å². The first-order valence-corrected chi connectivity index (χ1v) is 11.5. The molecule has 150 valence electrons. The number of aromatic hydroxyl groups is 1. The predicted octanol–water partition coefficient (Wildman–Crippen LogP) is 5.27. The molecule has 2 unspecified atom stereocenters. The zero-order valence-corrected chi connectivity index (χ0v) is 17.0. The summed E-state index contributed by atoms with van der Waals surface area (Å²) >= 11 is 0. The number of phenolic OH excluding ortho intramolecular Hbond substituents is 1. The van der Waals surface area contributed by atoms with Crippen LogP contribution >= 0.6 is 0 Å². The molecular weight excluding hydrogens is 394 g/mol. The van der Waals surface area contributed by atoms with Gasteiger partial charge in [-0.3, -0.25) is 0 Å². The van der Waals surface area contributed by atoms with Gasteiger partial charge in [-0.1, -0.05) is 54.6 Å². The van der Waals surface area contributed by atoms with E-state index in [4.69, 9.17) is 0 Å². The van der Waals surface area contributed by atoms with Gasteiger partial charge in [0.2, 0.25) is 0 Å². The Bertz CT molecular complexity index is 1310. The molecule has 4 aromatic carbocycles. The summed E-state index contributed by atoms with van der Waals surface area (Å²) in [5, 5.41) is 15.4. The van der Waals surface area contributed by atoms with Gasteiger partial charge in [-0.05, 0) is 58.3 Å². The molecule has 0 aromatic heterocycles. The third-order valence-electron chi connectivity index (χ3n) is 5.80. The average Bonchev–Trinajstić information content (AvgIpc) is 3.05. The molecule has 30 heavy (non-hydrogen) atoms. The molecule has 1 aliphatic rings. The maximum Gasteiger partial charge on any atom is 0.179 e. The Kier molecular flexibility index (Phi) is 4.48. The van der Waals surface area contributed by atoms with Crippen molar-refractivity contribution in [2.45, 2.75) is 16.9 Å². The quantitative estimate of drug-likeness (QED) is 0.436. The van der Waals surface area contributed by atoms with Crippen LogP contribution in [0.1, 0.15) is 23.1 Å². The Labute approximate surface area is 175 Å². The second-order valence-corrected chi connectivity index (χ2v) is 9.70. The molecule has 2 N–H and O–H groups in total. The van der Waals surface area contributed by atoms with Gasteiger partial charge in [-0.2, -0.15) is 0 Å². The molecular formula is C25H21NO3S. The molecule has 0 bridgehead atoms. The van der Waals surface area contributed by atoms with Crippen LogP contribution in [0, 0.1) is 0 Å². The van der Waals surface area contributed by atoms with Gasteiger partial charge >= 0.3 is 0 Å². The third-order valence-corrected chi connectivity index (χ3v) is 7.59. The number of anilines is 1. The normalized spacial score (nSPS) is 17.9. The van der Waals surface area contributed by atoms with Crippen molar-refractivity contribution in [3.05, 3.63) is 102 Å². The monoisotopic (exact) mass is 415 g/mol. The van der Waals surface area contributed by atoms with Gasteiger partial charge in [0.15, 0.2) is 9.84 Å². The second kappa shape index (κ2) is 7.18. The minimum absolute atomic E-state index is 0.0144. The summed E-state index contributed by atoms with van der Waals surface area (Å²) in [6, 6.07) is 27.6. The summed E-state index contributed by atoms with van der Waals surface area (Å²) < 4.78 is 26.5. The van der Waals surface area contributed by atoms with Crippen LogP contribution in [-0.4, -0.2) is 19.3 Å². The van der Waals surface area contributed by atoms with Gasteiger partial charge in [0.1, 0.15) is 5.75 Å². The summed E-state index contributed by atoms with van der Waals surface area (Å²) in [4.78, 5) is 0.344. The zero-order chi connectivity index (χ0) is 20.7. The highest BCUT2D eigenvalue weighted by atomic mass is 32.2. The van der Waals surface area contributed by atoms with Gasteiger partial charge in [-0.25, -0.2) is 8.42 Å². The minimum Gasteiger partial charge on any atom is -0.508 e. The standard InChI is InChI=1S/C25H21NO3S/c27-19-14-12-18(13-15-19)26-25-22-11-5-7-17-6-4-10-21(24(17)22)23(25)16-30(28,29)20-8-2-1-3-9-20/h1-15,23,25-27H,16H2. The molecule has 1 aliphatic carbocycles. The largest absolute Gasteiger partial charge is 0.508 e. The smallest absolute Gasteiger partial charge is 0.179 e. The van der Waals surface area contributed by atoms with E-state index < -0.39 is 9.84 Å². The Balaban J connectivity index is 1.60. The second-order valence-electron chi connectivity index (χ2n) is 7.66. The van der Waals surface area contributed by atoms with Crippen molar-refractivity contribution in [3.8, 4) is 5.75 Å². The first-order chi connectivity index (χ1) is 14.5. The summed E-state index contributed by atoms with van der Waals surface area (Å²) in [5.41, 5.74) is 2.99. The van der Waals surface area contributed by atoms with Crippen LogP contribution in [0.5, 0.6) is 5.75 Å². The van der Waals surface area contributed by atoms with E-state index in [0.29, 0.717) is 4.90 Å². The van der Waals surface area contributed by atoms with Crippen LogP contribution in [0.2, 0.25) is 0 Å². The number of nitrogens with one attached hydrogen (secondary N) is 1. The maximum atomic E-state index is 13.2.